The molecule has 1 aromatic carbocycles. The van der Waals surface area contributed by atoms with Gasteiger partial charge in [-0.05, 0) is 38.0 Å². The van der Waals surface area contributed by atoms with E-state index in [1.807, 2.05) is 0 Å². The first-order chi connectivity index (χ1) is 9.02. The monoisotopic (exact) mass is 326 g/mol. The van der Waals surface area contributed by atoms with Gasteiger partial charge in [0.2, 0.25) is 0 Å². The van der Waals surface area contributed by atoms with Crippen molar-refractivity contribution in [2.75, 3.05) is 19.7 Å². The number of hydrogen-bond acceptors (Lipinski definition) is 3. The second kappa shape index (κ2) is 6.35. The zero-order valence-electron chi connectivity index (χ0n) is 11.9. The van der Waals surface area contributed by atoms with Crippen LogP contribution in [0.3, 0.4) is 0 Å². The molecule has 0 aromatic heterocycles. The van der Waals surface area contributed by atoms with Crippen molar-refractivity contribution in [3.8, 4) is 0 Å². The number of nitrogens with zero attached hydrogens (tertiary/aromatic N) is 1. The maximum atomic E-state index is 6.04. The van der Waals surface area contributed by atoms with Gasteiger partial charge in [0.15, 0.2) is 0 Å². The van der Waals surface area contributed by atoms with Crippen LogP contribution < -0.4 is 5.73 Å². The van der Waals surface area contributed by atoms with Crippen molar-refractivity contribution in [3.63, 3.8) is 0 Å². The molecule has 2 N–H and O–H groups in total. The predicted octanol–water partition coefficient (Wildman–Crippen LogP) is 2.87. The average Bonchev–Trinajstić information content (AvgIpc) is 2.38. The highest BCUT2D eigenvalue weighted by atomic mass is 79.9. The molecule has 0 bridgehead atoms. The Morgan fingerprint density at radius 2 is 2.21 bits per heavy atom. The molecule has 1 fully saturated rings. The van der Waals surface area contributed by atoms with Gasteiger partial charge in [0, 0.05) is 29.6 Å². The quantitative estimate of drug-likeness (QED) is 0.928. The Kier molecular flexibility index (Phi) is 5.01. The Morgan fingerprint density at radius 1 is 1.47 bits per heavy atom. The Labute approximate surface area is 124 Å². The van der Waals surface area contributed by atoms with E-state index in [0.717, 1.165) is 17.6 Å². The standard InChI is InChI=1S/C15H23BrN2O/c1-10-6-13(4-5-14(10)16)15(7-17)18-8-12(3)19-9-11(18)2/h4-6,11-12,15H,7-9,17H2,1-3H3. The molecular formula is C15H23BrN2O. The van der Waals surface area contributed by atoms with E-state index in [2.05, 4.69) is 59.8 Å². The summed E-state index contributed by atoms with van der Waals surface area (Å²) in [5, 5.41) is 0. The van der Waals surface area contributed by atoms with E-state index in [1.165, 1.54) is 11.1 Å². The molecule has 0 spiro atoms. The second-order valence-electron chi connectivity index (χ2n) is 5.45. The zero-order chi connectivity index (χ0) is 14.0. The first-order valence-electron chi connectivity index (χ1n) is 6.86. The molecule has 2 rings (SSSR count). The van der Waals surface area contributed by atoms with Crippen LogP contribution >= 0.6 is 15.9 Å². The number of rotatable bonds is 3. The average molecular weight is 327 g/mol. The highest BCUT2D eigenvalue weighted by Gasteiger charge is 2.29. The van der Waals surface area contributed by atoms with Crippen molar-refractivity contribution in [2.45, 2.75) is 39.0 Å². The van der Waals surface area contributed by atoms with Crippen molar-refractivity contribution in [1.29, 1.82) is 0 Å². The van der Waals surface area contributed by atoms with Crippen LogP contribution in [-0.2, 0) is 4.74 Å². The lowest BCUT2D eigenvalue weighted by molar-refractivity contribution is -0.0653. The predicted molar refractivity (Wildman–Crippen MR) is 82.3 cm³/mol. The number of halogens is 1. The Hall–Kier alpha value is -0.420. The molecule has 19 heavy (non-hydrogen) atoms. The van der Waals surface area contributed by atoms with Gasteiger partial charge in [-0.15, -0.1) is 0 Å². The van der Waals surface area contributed by atoms with Crippen molar-refractivity contribution < 1.29 is 4.74 Å². The number of morpholine rings is 1. The van der Waals surface area contributed by atoms with Gasteiger partial charge < -0.3 is 10.5 Å². The first kappa shape index (κ1) is 15.0. The third-order valence-electron chi connectivity index (χ3n) is 3.85. The molecule has 1 aromatic rings. The minimum atomic E-state index is 0.271. The maximum Gasteiger partial charge on any atom is 0.0675 e. The molecule has 1 aliphatic heterocycles. The molecule has 0 amide bonds. The van der Waals surface area contributed by atoms with Crippen LogP contribution in [0.25, 0.3) is 0 Å². The first-order valence-corrected chi connectivity index (χ1v) is 7.65. The molecule has 0 saturated carbocycles. The molecule has 3 nitrogen and oxygen atoms in total. The Morgan fingerprint density at radius 3 is 2.84 bits per heavy atom. The number of benzene rings is 1. The summed E-state index contributed by atoms with van der Waals surface area (Å²) in [5.41, 5.74) is 8.59. The smallest absolute Gasteiger partial charge is 0.0675 e. The highest BCUT2D eigenvalue weighted by molar-refractivity contribution is 9.10. The van der Waals surface area contributed by atoms with Crippen LogP contribution in [0, 0.1) is 6.92 Å². The van der Waals surface area contributed by atoms with Gasteiger partial charge in [0.1, 0.15) is 0 Å². The summed E-state index contributed by atoms with van der Waals surface area (Å²) in [5.74, 6) is 0. The molecule has 0 radical (unpaired) electrons. The van der Waals surface area contributed by atoms with Gasteiger partial charge >= 0.3 is 0 Å². The number of nitrogens with two attached hydrogens (primary N) is 1. The van der Waals surface area contributed by atoms with Crippen LogP contribution in [-0.4, -0.2) is 36.7 Å². The Balaban J connectivity index is 2.25. The molecule has 1 aliphatic rings. The van der Waals surface area contributed by atoms with E-state index in [1.54, 1.807) is 0 Å². The van der Waals surface area contributed by atoms with Gasteiger partial charge in [0.05, 0.1) is 12.7 Å². The van der Waals surface area contributed by atoms with Crippen molar-refractivity contribution in [3.05, 3.63) is 33.8 Å². The Bertz CT molecular complexity index is 438. The van der Waals surface area contributed by atoms with E-state index in [-0.39, 0.29) is 12.1 Å². The maximum absolute atomic E-state index is 6.04. The highest BCUT2D eigenvalue weighted by Crippen LogP contribution is 2.28. The number of aryl methyl sites for hydroxylation is 1. The van der Waals surface area contributed by atoms with Crippen molar-refractivity contribution in [1.82, 2.24) is 4.90 Å². The van der Waals surface area contributed by atoms with Crippen LogP contribution in [0.2, 0.25) is 0 Å². The minimum Gasteiger partial charge on any atom is -0.376 e. The van der Waals surface area contributed by atoms with Crippen LogP contribution in [0.1, 0.15) is 31.0 Å². The summed E-state index contributed by atoms with van der Waals surface area (Å²) >= 11 is 3.55. The third kappa shape index (κ3) is 3.37. The van der Waals surface area contributed by atoms with Crippen LogP contribution in [0.15, 0.2) is 22.7 Å². The van der Waals surface area contributed by atoms with Crippen LogP contribution in [0.4, 0.5) is 0 Å². The summed E-state index contributed by atoms with van der Waals surface area (Å²) in [6.07, 6.45) is 0.279. The summed E-state index contributed by atoms with van der Waals surface area (Å²) in [7, 11) is 0. The van der Waals surface area contributed by atoms with Crippen LogP contribution in [0.5, 0.6) is 0 Å². The fraction of sp³-hybridized carbons (Fsp3) is 0.600. The molecule has 0 aliphatic carbocycles. The van der Waals surface area contributed by atoms with E-state index in [4.69, 9.17) is 10.5 Å². The summed E-state index contributed by atoms with van der Waals surface area (Å²) < 4.78 is 6.85. The van der Waals surface area contributed by atoms with Crippen molar-refractivity contribution >= 4 is 15.9 Å². The summed E-state index contributed by atoms with van der Waals surface area (Å²) in [6.45, 7) is 8.82. The third-order valence-corrected chi connectivity index (χ3v) is 4.74. The van der Waals surface area contributed by atoms with Gasteiger partial charge in [-0.25, -0.2) is 0 Å². The molecule has 3 unspecified atom stereocenters. The molecule has 4 heteroatoms. The molecule has 1 saturated heterocycles. The lowest BCUT2D eigenvalue weighted by atomic mass is 10.0. The fourth-order valence-electron chi connectivity index (χ4n) is 2.70. The lowest BCUT2D eigenvalue weighted by Crippen LogP contribution is -2.50. The summed E-state index contributed by atoms with van der Waals surface area (Å²) in [4.78, 5) is 2.47. The fourth-order valence-corrected chi connectivity index (χ4v) is 2.95. The zero-order valence-corrected chi connectivity index (χ0v) is 13.5. The van der Waals surface area contributed by atoms with Crippen molar-refractivity contribution in [2.24, 2.45) is 5.73 Å². The summed E-state index contributed by atoms with van der Waals surface area (Å²) in [6, 6.07) is 7.19. The van der Waals surface area contributed by atoms with Gasteiger partial charge in [-0.2, -0.15) is 0 Å². The topological polar surface area (TPSA) is 38.5 Å². The second-order valence-corrected chi connectivity index (χ2v) is 6.30. The van der Waals surface area contributed by atoms with E-state index >= 15 is 0 Å². The van der Waals surface area contributed by atoms with E-state index < -0.39 is 0 Å². The van der Waals surface area contributed by atoms with Gasteiger partial charge in [0.25, 0.3) is 0 Å². The molecule has 106 valence electrons. The normalized spacial score (nSPS) is 26.4. The van der Waals surface area contributed by atoms with Gasteiger partial charge in [-0.3, -0.25) is 4.90 Å². The largest absolute Gasteiger partial charge is 0.376 e. The van der Waals surface area contributed by atoms with E-state index in [9.17, 15) is 0 Å². The number of ether oxygens (including phenoxy) is 1. The molecular weight excluding hydrogens is 304 g/mol. The lowest BCUT2D eigenvalue weighted by Gasteiger charge is -2.41. The molecule has 1 heterocycles. The minimum absolute atomic E-state index is 0.271. The SMILES string of the molecule is Cc1cc(C(CN)N2CC(C)OCC2C)ccc1Br. The molecule has 3 atom stereocenters. The number of hydrogen-bond donors (Lipinski definition) is 1. The van der Waals surface area contributed by atoms with E-state index in [0.29, 0.717) is 12.6 Å². The van der Waals surface area contributed by atoms with Gasteiger partial charge in [-0.1, -0.05) is 28.1 Å².